The zero-order chi connectivity index (χ0) is 11.7. The number of rotatable bonds is 2. The van der Waals surface area contributed by atoms with Gasteiger partial charge >= 0.3 is 0 Å². The van der Waals surface area contributed by atoms with Crippen LogP contribution < -0.4 is 10.6 Å². The van der Waals surface area contributed by atoms with Crippen LogP contribution in [-0.4, -0.2) is 18.4 Å². The molecular weight excluding hydrogens is 319 g/mol. The lowest BCUT2D eigenvalue weighted by Gasteiger charge is -2.28. The summed E-state index contributed by atoms with van der Waals surface area (Å²) in [6.45, 7) is -0.0353. The number of primary amides is 1. The summed E-state index contributed by atoms with van der Waals surface area (Å²) in [5.74, 6) is -0.521. The number of carbonyl (C=O) groups excluding carboxylic acids is 2. The van der Waals surface area contributed by atoms with Gasteiger partial charge in [0.25, 0.3) is 0 Å². The van der Waals surface area contributed by atoms with Crippen LogP contribution in [0.1, 0.15) is 12.0 Å². The third-order valence-corrected chi connectivity index (χ3v) is 3.23. The van der Waals surface area contributed by atoms with Crippen molar-refractivity contribution in [2.45, 2.75) is 12.8 Å². The van der Waals surface area contributed by atoms with E-state index in [2.05, 4.69) is 22.6 Å². The minimum atomic E-state index is -0.486. The van der Waals surface area contributed by atoms with E-state index in [1.165, 1.54) is 4.90 Å². The smallest absolute Gasteiger partial charge is 0.237 e. The minimum Gasteiger partial charge on any atom is -0.368 e. The monoisotopic (exact) mass is 330 g/mol. The standard InChI is InChI=1S/C11H11IN2O2/c12-8-2-3-9-7(5-8)1-4-11(16)14(9)6-10(13)15/h2-3,5H,1,4,6H2,(H2,13,15). The molecule has 0 bridgehead atoms. The molecule has 16 heavy (non-hydrogen) atoms. The van der Waals surface area contributed by atoms with Gasteiger partial charge in [-0.3, -0.25) is 9.59 Å². The zero-order valence-electron chi connectivity index (χ0n) is 8.57. The second kappa shape index (κ2) is 4.40. The van der Waals surface area contributed by atoms with Crippen molar-refractivity contribution in [2.24, 2.45) is 5.73 Å². The molecule has 0 atom stereocenters. The molecule has 1 heterocycles. The number of anilines is 1. The summed E-state index contributed by atoms with van der Waals surface area (Å²) >= 11 is 2.23. The van der Waals surface area contributed by atoms with Crippen LogP contribution in [0, 0.1) is 3.57 Å². The van der Waals surface area contributed by atoms with Crippen LogP contribution in [0.3, 0.4) is 0 Å². The summed E-state index contributed by atoms with van der Waals surface area (Å²) < 4.78 is 1.13. The molecule has 0 aliphatic carbocycles. The van der Waals surface area contributed by atoms with E-state index in [-0.39, 0.29) is 12.5 Å². The maximum atomic E-state index is 11.7. The fraction of sp³-hybridized carbons (Fsp3) is 0.273. The van der Waals surface area contributed by atoms with Crippen LogP contribution in [0.25, 0.3) is 0 Å². The average Bonchev–Trinajstić information content (AvgIpc) is 2.22. The maximum Gasteiger partial charge on any atom is 0.237 e. The first kappa shape index (κ1) is 11.4. The molecule has 1 aromatic rings. The highest BCUT2D eigenvalue weighted by Crippen LogP contribution is 2.28. The molecule has 2 rings (SSSR count). The Kier molecular flexibility index (Phi) is 3.13. The molecule has 2 N–H and O–H groups in total. The van der Waals surface area contributed by atoms with Crippen LogP contribution in [0.5, 0.6) is 0 Å². The van der Waals surface area contributed by atoms with Gasteiger partial charge in [-0.1, -0.05) is 0 Å². The van der Waals surface area contributed by atoms with Gasteiger partial charge in [0, 0.05) is 15.7 Å². The molecule has 0 saturated heterocycles. The van der Waals surface area contributed by atoms with Gasteiger partial charge in [0.1, 0.15) is 6.54 Å². The van der Waals surface area contributed by atoms with Gasteiger partial charge in [0.2, 0.25) is 11.8 Å². The predicted molar refractivity (Wildman–Crippen MR) is 69.0 cm³/mol. The Bertz CT molecular complexity index is 459. The Morgan fingerprint density at radius 1 is 1.44 bits per heavy atom. The van der Waals surface area contributed by atoms with E-state index in [1.54, 1.807) is 0 Å². The van der Waals surface area contributed by atoms with Crippen molar-refractivity contribution in [3.8, 4) is 0 Å². The van der Waals surface area contributed by atoms with Gasteiger partial charge in [-0.25, -0.2) is 0 Å². The summed E-state index contributed by atoms with van der Waals surface area (Å²) in [4.78, 5) is 24.1. The normalized spacial score (nSPS) is 14.8. The fourth-order valence-electron chi connectivity index (χ4n) is 1.86. The Morgan fingerprint density at radius 2 is 2.19 bits per heavy atom. The maximum absolute atomic E-state index is 11.7. The number of fused-ring (bicyclic) bond motifs is 1. The lowest BCUT2D eigenvalue weighted by atomic mass is 10.0. The van der Waals surface area contributed by atoms with Crippen molar-refractivity contribution >= 4 is 40.1 Å². The van der Waals surface area contributed by atoms with E-state index in [9.17, 15) is 9.59 Å². The van der Waals surface area contributed by atoms with Gasteiger partial charge < -0.3 is 10.6 Å². The molecule has 0 aromatic heterocycles. The van der Waals surface area contributed by atoms with Gasteiger partial charge in [0.15, 0.2) is 0 Å². The zero-order valence-corrected chi connectivity index (χ0v) is 10.7. The minimum absolute atomic E-state index is 0.0347. The largest absolute Gasteiger partial charge is 0.368 e. The molecule has 1 aromatic carbocycles. The topological polar surface area (TPSA) is 63.4 Å². The first-order valence-electron chi connectivity index (χ1n) is 4.95. The third kappa shape index (κ3) is 2.18. The van der Waals surface area contributed by atoms with Crippen molar-refractivity contribution in [1.29, 1.82) is 0 Å². The summed E-state index contributed by atoms with van der Waals surface area (Å²) in [5.41, 5.74) is 7.06. The lowest BCUT2D eigenvalue weighted by molar-refractivity contribution is -0.122. The van der Waals surface area contributed by atoms with Crippen LogP contribution in [0.15, 0.2) is 18.2 Å². The Balaban J connectivity index is 2.40. The molecule has 1 aliphatic heterocycles. The van der Waals surface area contributed by atoms with Crippen LogP contribution in [0.2, 0.25) is 0 Å². The van der Waals surface area contributed by atoms with Crippen molar-refractivity contribution in [3.05, 3.63) is 27.3 Å². The third-order valence-electron chi connectivity index (χ3n) is 2.56. The first-order valence-corrected chi connectivity index (χ1v) is 6.03. The molecule has 0 radical (unpaired) electrons. The van der Waals surface area contributed by atoms with Crippen LogP contribution in [-0.2, 0) is 16.0 Å². The fourth-order valence-corrected chi connectivity index (χ4v) is 2.41. The number of halogens is 1. The molecule has 4 nitrogen and oxygen atoms in total. The van der Waals surface area contributed by atoms with E-state index in [4.69, 9.17) is 5.73 Å². The Hall–Kier alpha value is -1.11. The second-order valence-corrected chi connectivity index (χ2v) is 4.96. The summed E-state index contributed by atoms with van der Waals surface area (Å²) in [6.07, 6.45) is 1.18. The van der Waals surface area contributed by atoms with Gasteiger partial charge in [-0.05, 0) is 52.8 Å². The Labute approximate surface area is 107 Å². The molecule has 5 heteroatoms. The van der Waals surface area contributed by atoms with E-state index in [0.29, 0.717) is 6.42 Å². The Morgan fingerprint density at radius 3 is 2.88 bits per heavy atom. The molecular formula is C11H11IN2O2. The molecule has 0 saturated carbocycles. The molecule has 2 amide bonds. The highest BCUT2D eigenvalue weighted by atomic mass is 127. The molecule has 0 fully saturated rings. The second-order valence-electron chi connectivity index (χ2n) is 3.72. The summed E-state index contributed by atoms with van der Waals surface area (Å²) in [6, 6.07) is 5.83. The number of hydrogen-bond donors (Lipinski definition) is 1. The van der Waals surface area contributed by atoms with Crippen LogP contribution >= 0.6 is 22.6 Å². The highest BCUT2D eigenvalue weighted by Gasteiger charge is 2.25. The number of aryl methyl sites for hydroxylation is 1. The predicted octanol–water partition coefficient (Wildman–Crippen LogP) is 1.06. The number of carbonyl (C=O) groups is 2. The van der Waals surface area contributed by atoms with Crippen molar-refractivity contribution in [1.82, 2.24) is 0 Å². The number of benzene rings is 1. The van der Waals surface area contributed by atoms with Crippen LogP contribution in [0.4, 0.5) is 5.69 Å². The lowest BCUT2D eigenvalue weighted by Crippen LogP contribution is -2.41. The van der Waals surface area contributed by atoms with E-state index in [1.807, 2.05) is 18.2 Å². The van der Waals surface area contributed by atoms with Gasteiger partial charge in [0.05, 0.1) is 0 Å². The number of nitrogens with zero attached hydrogens (tertiary/aromatic N) is 1. The van der Waals surface area contributed by atoms with Crippen molar-refractivity contribution in [3.63, 3.8) is 0 Å². The summed E-state index contributed by atoms with van der Waals surface area (Å²) in [5, 5.41) is 0. The van der Waals surface area contributed by atoms with E-state index < -0.39 is 5.91 Å². The SMILES string of the molecule is NC(=O)CN1C(=O)CCc2cc(I)ccc21. The summed E-state index contributed by atoms with van der Waals surface area (Å²) in [7, 11) is 0. The molecule has 1 aliphatic rings. The van der Waals surface area contributed by atoms with E-state index in [0.717, 1.165) is 21.2 Å². The first-order chi connectivity index (χ1) is 7.58. The highest BCUT2D eigenvalue weighted by molar-refractivity contribution is 14.1. The van der Waals surface area contributed by atoms with E-state index >= 15 is 0 Å². The van der Waals surface area contributed by atoms with Crippen molar-refractivity contribution in [2.75, 3.05) is 11.4 Å². The number of hydrogen-bond acceptors (Lipinski definition) is 2. The molecule has 0 unspecified atom stereocenters. The molecule has 84 valence electrons. The number of nitrogens with two attached hydrogens (primary N) is 1. The average molecular weight is 330 g/mol. The quantitative estimate of drug-likeness (QED) is 0.824. The van der Waals surface area contributed by atoms with Gasteiger partial charge in [-0.15, -0.1) is 0 Å². The van der Waals surface area contributed by atoms with Gasteiger partial charge in [-0.2, -0.15) is 0 Å². The molecule has 0 spiro atoms. The van der Waals surface area contributed by atoms with Crippen molar-refractivity contribution < 1.29 is 9.59 Å². The number of amides is 2.